The number of halogens is 3. The van der Waals surface area contributed by atoms with E-state index in [0.717, 1.165) is 41.7 Å². The molecule has 0 bridgehead atoms. The molecule has 2 N–H and O–H groups in total. The maximum absolute atomic E-state index is 13.6. The molecule has 0 radical (unpaired) electrons. The molecule has 142 valence electrons. The summed E-state index contributed by atoms with van der Waals surface area (Å²) in [4.78, 5) is 15.6. The number of rotatable bonds is 6. The monoisotopic (exact) mass is 415 g/mol. The zero-order valence-corrected chi connectivity index (χ0v) is 15.1. The molecule has 0 aliphatic carbocycles. The Balaban J connectivity index is 1.58. The van der Waals surface area contributed by atoms with Gasteiger partial charge in [-0.15, -0.1) is 0 Å². The number of nitrogens with zero attached hydrogens (tertiary/aromatic N) is 1. The molecule has 0 fully saturated rings. The quantitative estimate of drug-likeness (QED) is 0.477. The lowest BCUT2D eigenvalue weighted by Gasteiger charge is -2.06. The van der Waals surface area contributed by atoms with Crippen LogP contribution < -0.4 is 10.9 Å². The Morgan fingerprint density at radius 1 is 1.07 bits per heavy atom. The molecule has 6 nitrogen and oxygen atoms in total. The summed E-state index contributed by atoms with van der Waals surface area (Å²) in [6.45, 7) is 0. The van der Waals surface area contributed by atoms with Crippen LogP contribution in [0.25, 0.3) is 10.2 Å². The molecule has 27 heavy (non-hydrogen) atoms. The highest BCUT2D eigenvalue weighted by Crippen LogP contribution is 2.28. The third-order valence-corrected chi connectivity index (χ3v) is 6.14. The van der Waals surface area contributed by atoms with E-state index >= 15 is 0 Å². The Hall–Kier alpha value is -2.66. The van der Waals surface area contributed by atoms with Crippen molar-refractivity contribution in [3.05, 3.63) is 53.8 Å². The highest BCUT2D eigenvalue weighted by atomic mass is 32.2. The predicted octanol–water partition coefficient (Wildman–Crippen LogP) is 3.02. The van der Waals surface area contributed by atoms with Crippen molar-refractivity contribution < 1.29 is 26.4 Å². The summed E-state index contributed by atoms with van der Waals surface area (Å²) in [5, 5.41) is 0.115. The van der Waals surface area contributed by atoms with E-state index in [2.05, 4.69) is 15.8 Å². The molecule has 0 aliphatic rings. The lowest BCUT2D eigenvalue weighted by Crippen LogP contribution is -2.30. The first-order valence-corrected chi connectivity index (χ1v) is 10.0. The minimum Gasteiger partial charge on any atom is -0.273 e. The second-order valence-corrected chi connectivity index (χ2v) is 8.59. The number of nitrogens with one attached hydrogen (secondary N) is 2. The molecule has 0 saturated carbocycles. The fraction of sp³-hybridized carbons (Fsp3) is 0.125. The van der Waals surface area contributed by atoms with Gasteiger partial charge >= 0.3 is 0 Å². The van der Waals surface area contributed by atoms with Gasteiger partial charge in [-0.3, -0.25) is 15.6 Å². The SMILES string of the molecule is O=C(CCS(=O)(=O)c1ccc(F)cc1)NNc1nc2c(F)cc(F)cc2s1. The van der Waals surface area contributed by atoms with Gasteiger partial charge in [0.25, 0.3) is 0 Å². The lowest BCUT2D eigenvalue weighted by atomic mass is 10.3. The fourth-order valence-electron chi connectivity index (χ4n) is 2.18. The minimum atomic E-state index is -3.75. The van der Waals surface area contributed by atoms with Gasteiger partial charge in [0.2, 0.25) is 11.0 Å². The predicted molar refractivity (Wildman–Crippen MR) is 94.4 cm³/mol. The number of benzene rings is 2. The second-order valence-electron chi connectivity index (χ2n) is 5.45. The summed E-state index contributed by atoms with van der Waals surface area (Å²) in [5.74, 6) is -3.27. The standard InChI is InChI=1S/C16H12F3N3O3S2/c17-9-1-3-11(4-2-9)27(24,25)6-5-14(23)21-22-16-20-15-12(19)7-10(18)8-13(15)26-16/h1-4,7-8H,5-6H2,(H,20,22)(H,21,23). The van der Waals surface area contributed by atoms with Crippen LogP contribution in [0.15, 0.2) is 41.3 Å². The Labute approximate surface area is 155 Å². The molecule has 1 heterocycles. The van der Waals surface area contributed by atoms with Gasteiger partial charge in [-0.05, 0) is 30.3 Å². The van der Waals surface area contributed by atoms with E-state index in [9.17, 15) is 26.4 Å². The average molecular weight is 415 g/mol. The first kappa shape index (κ1) is 19.1. The number of fused-ring (bicyclic) bond motifs is 1. The van der Waals surface area contributed by atoms with Gasteiger partial charge in [0.05, 0.1) is 15.3 Å². The van der Waals surface area contributed by atoms with Gasteiger partial charge in [0.15, 0.2) is 15.7 Å². The van der Waals surface area contributed by atoms with Gasteiger partial charge in [0.1, 0.15) is 17.2 Å². The van der Waals surface area contributed by atoms with Gasteiger partial charge in [-0.2, -0.15) is 0 Å². The number of hydrazine groups is 1. The first-order chi connectivity index (χ1) is 12.7. The summed E-state index contributed by atoms with van der Waals surface area (Å²) < 4.78 is 64.1. The number of hydrogen-bond donors (Lipinski definition) is 2. The smallest absolute Gasteiger partial charge is 0.239 e. The molecular weight excluding hydrogens is 403 g/mol. The molecule has 0 aliphatic heterocycles. The number of thiazole rings is 1. The number of anilines is 1. The van der Waals surface area contributed by atoms with Gasteiger partial charge in [-0.25, -0.2) is 26.6 Å². The number of sulfone groups is 1. The van der Waals surface area contributed by atoms with E-state index in [1.54, 1.807) is 0 Å². The zero-order valence-electron chi connectivity index (χ0n) is 13.5. The number of carbonyl (C=O) groups is 1. The van der Waals surface area contributed by atoms with E-state index in [-0.39, 0.29) is 26.7 Å². The van der Waals surface area contributed by atoms with E-state index in [4.69, 9.17) is 0 Å². The topological polar surface area (TPSA) is 88.2 Å². The summed E-state index contributed by atoms with van der Waals surface area (Å²) in [5.41, 5.74) is 4.64. The van der Waals surface area contributed by atoms with Crippen molar-refractivity contribution in [2.75, 3.05) is 11.2 Å². The minimum absolute atomic E-state index is 0.0444. The fourth-order valence-corrected chi connectivity index (χ4v) is 4.28. The van der Waals surface area contributed by atoms with Crippen molar-refractivity contribution >= 4 is 42.4 Å². The zero-order chi connectivity index (χ0) is 19.6. The Bertz CT molecular complexity index is 1100. The number of aromatic nitrogens is 1. The number of carbonyl (C=O) groups excluding carboxylic acids is 1. The van der Waals surface area contributed by atoms with Crippen molar-refractivity contribution in [3.63, 3.8) is 0 Å². The molecule has 0 spiro atoms. The van der Waals surface area contributed by atoms with Crippen LogP contribution in [0.1, 0.15) is 6.42 Å². The summed E-state index contributed by atoms with van der Waals surface area (Å²) >= 11 is 0.919. The Kier molecular flexibility index (Phi) is 5.33. The maximum Gasteiger partial charge on any atom is 0.239 e. The van der Waals surface area contributed by atoms with Crippen molar-refractivity contribution in [2.24, 2.45) is 0 Å². The average Bonchev–Trinajstić information content (AvgIpc) is 3.02. The molecule has 0 unspecified atom stereocenters. The molecule has 3 aromatic rings. The highest BCUT2D eigenvalue weighted by molar-refractivity contribution is 7.91. The molecule has 0 saturated heterocycles. The van der Waals surface area contributed by atoms with Gasteiger partial charge in [-0.1, -0.05) is 11.3 Å². The van der Waals surface area contributed by atoms with Crippen LogP contribution in [-0.4, -0.2) is 25.1 Å². The summed E-state index contributed by atoms with van der Waals surface area (Å²) in [6, 6.07) is 6.08. The van der Waals surface area contributed by atoms with E-state index in [1.807, 2.05) is 0 Å². The van der Waals surface area contributed by atoms with Gasteiger partial charge in [0, 0.05) is 12.5 Å². The molecule has 3 rings (SSSR count). The first-order valence-electron chi connectivity index (χ1n) is 7.53. The third-order valence-electron chi connectivity index (χ3n) is 3.49. The van der Waals surface area contributed by atoms with Crippen LogP contribution >= 0.6 is 11.3 Å². The van der Waals surface area contributed by atoms with Crippen molar-refractivity contribution in [1.29, 1.82) is 0 Å². The van der Waals surface area contributed by atoms with Crippen LogP contribution in [0.3, 0.4) is 0 Å². The largest absolute Gasteiger partial charge is 0.273 e. The molecule has 1 aromatic heterocycles. The highest BCUT2D eigenvalue weighted by Gasteiger charge is 2.17. The van der Waals surface area contributed by atoms with Crippen LogP contribution in [0.2, 0.25) is 0 Å². The molecule has 0 atom stereocenters. The molecule has 2 aromatic carbocycles. The van der Waals surface area contributed by atoms with Crippen LogP contribution in [-0.2, 0) is 14.6 Å². The number of amides is 1. The van der Waals surface area contributed by atoms with Crippen LogP contribution in [0.5, 0.6) is 0 Å². The van der Waals surface area contributed by atoms with Crippen LogP contribution in [0, 0.1) is 17.5 Å². The van der Waals surface area contributed by atoms with Gasteiger partial charge < -0.3 is 0 Å². The Morgan fingerprint density at radius 3 is 2.48 bits per heavy atom. The normalized spacial score (nSPS) is 11.5. The van der Waals surface area contributed by atoms with E-state index < -0.39 is 38.9 Å². The van der Waals surface area contributed by atoms with Crippen molar-refractivity contribution in [1.82, 2.24) is 10.4 Å². The summed E-state index contributed by atoms with van der Waals surface area (Å²) in [6.07, 6.45) is -0.361. The lowest BCUT2D eigenvalue weighted by molar-refractivity contribution is -0.120. The second kappa shape index (κ2) is 7.53. The molecule has 11 heteroatoms. The number of hydrogen-bond acceptors (Lipinski definition) is 6. The summed E-state index contributed by atoms with van der Waals surface area (Å²) in [7, 11) is -3.75. The van der Waals surface area contributed by atoms with E-state index in [0.29, 0.717) is 6.07 Å². The van der Waals surface area contributed by atoms with Crippen molar-refractivity contribution in [3.8, 4) is 0 Å². The Morgan fingerprint density at radius 2 is 1.78 bits per heavy atom. The third kappa shape index (κ3) is 4.55. The molecule has 1 amide bonds. The maximum atomic E-state index is 13.6. The van der Waals surface area contributed by atoms with Crippen molar-refractivity contribution in [2.45, 2.75) is 11.3 Å². The van der Waals surface area contributed by atoms with Crippen LogP contribution in [0.4, 0.5) is 18.3 Å². The van der Waals surface area contributed by atoms with E-state index in [1.165, 1.54) is 0 Å². The molecular formula is C16H12F3N3O3S2.